The highest BCUT2D eigenvalue weighted by atomic mass is 16.1. The first-order valence-corrected chi connectivity index (χ1v) is 2.99. The number of hydrogen-bond acceptors (Lipinski definition) is 1. The SMILES string of the molecule is CN(C=O)c1cc[c]cc1. The Kier molecular flexibility index (Phi) is 2.05. The van der Waals surface area contributed by atoms with E-state index in [2.05, 4.69) is 6.07 Å². The lowest BCUT2D eigenvalue weighted by Gasteiger charge is -2.08. The minimum Gasteiger partial charge on any atom is -0.318 e. The van der Waals surface area contributed by atoms with Gasteiger partial charge in [0.1, 0.15) is 0 Å². The van der Waals surface area contributed by atoms with Crippen molar-refractivity contribution in [3.8, 4) is 0 Å². The Morgan fingerprint density at radius 1 is 1.50 bits per heavy atom. The van der Waals surface area contributed by atoms with Crippen LogP contribution in [0.4, 0.5) is 5.69 Å². The molecule has 1 rings (SSSR count). The van der Waals surface area contributed by atoms with Crippen LogP contribution in [-0.4, -0.2) is 13.5 Å². The van der Waals surface area contributed by atoms with Crippen molar-refractivity contribution in [3.05, 3.63) is 30.3 Å². The average Bonchev–Trinajstić information content (AvgIpc) is 2.05. The molecule has 0 unspecified atom stereocenters. The smallest absolute Gasteiger partial charge is 0.213 e. The zero-order valence-electron chi connectivity index (χ0n) is 5.74. The fraction of sp³-hybridized carbons (Fsp3) is 0.125. The second-order valence-electron chi connectivity index (χ2n) is 1.97. The Morgan fingerprint density at radius 2 is 2.10 bits per heavy atom. The molecule has 0 aromatic heterocycles. The van der Waals surface area contributed by atoms with Gasteiger partial charge in [-0.2, -0.15) is 0 Å². The van der Waals surface area contributed by atoms with Crippen molar-refractivity contribution in [3.63, 3.8) is 0 Å². The third kappa shape index (κ3) is 1.35. The molecule has 1 amide bonds. The van der Waals surface area contributed by atoms with Crippen LogP contribution in [0, 0.1) is 6.07 Å². The molecule has 0 saturated heterocycles. The van der Waals surface area contributed by atoms with E-state index >= 15 is 0 Å². The standard InChI is InChI=1S/C8H8NO/c1-9(7-10)8-5-3-2-4-6-8/h3-7H,1H3. The number of rotatable bonds is 2. The molecule has 0 bridgehead atoms. The van der Waals surface area contributed by atoms with Crippen molar-refractivity contribution in [1.82, 2.24) is 0 Å². The number of nitrogens with zero attached hydrogens (tertiary/aromatic N) is 1. The average molecular weight is 134 g/mol. The number of amides is 1. The Balaban J connectivity index is 2.84. The summed E-state index contributed by atoms with van der Waals surface area (Å²) in [7, 11) is 1.71. The molecule has 0 heterocycles. The maximum absolute atomic E-state index is 10.2. The lowest BCUT2D eigenvalue weighted by molar-refractivity contribution is -0.107. The van der Waals surface area contributed by atoms with Crippen LogP contribution in [0.1, 0.15) is 0 Å². The van der Waals surface area contributed by atoms with E-state index < -0.39 is 0 Å². The maximum Gasteiger partial charge on any atom is 0.213 e. The van der Waals surface area contributed by atoms with Crippen LogP contribution in [0.2, 0.25) is 0 Å². The van der Waals surface area contributed by atoms with Crippen LogP contribution in [0.5, 0.6) is 0 Å². The first-order valence-electron chi connectivity index (χ1n) is 2.99. The lowest BCUT2D eigenvalue weighted by atomic mass is 10.3. The summed E-state index contributed by atoms with van der Waals surface area (Å²) in [6, 6.07) is 10.1. The number of carbonyl (C=O) groups excluding carboxylic acids is 1. The quantitative estimate of drug-likeness (QED) is 0.554. The molecule has 0 aliphatic rings. The predicted molar refractivity (Wildman–Crippen MR) is 39.7 cm³/mol. The summed E-state index contributed by atoms with van der Waals surface area (Å²) in [5, 5.41) is 0. The van der Waals surface area contributed by atoms with Gasteiger partial charge in [0.15, 0.2) is 0 Å². The molecule has 1 aromatic carbocycles. The van der Waals surface area contributed by atoms with Crippen molar-refractivity contribution in [2.45, 2.75) is 0 Å². The second-order valence-corrected chi connectivity index (χ2v) is 1.97. The van der Waals surface area contributed by atoms with Crippen LogP contribution in [-0.2, 0) is 4.79 Å². The van der Waals surface area contributed by atoms with E-state index in [0.717, 1.165) is 12.1 Å². The topological polar surface area (TPSA) is 20.3 Å². The van der Waals surface area contributed by atoms with Gasteiger partial charge >= 0.3 is 0 Å². The van der Waals surface area contributed by atoms with E-state index in [1.54, 1.807) is 19.2 Å². The Labute approximate surface area is 60.1 Å². The monoisotopic (exact) mass is 134 g/mol. The molecule has 2 nitrogen and oxygen atoms in total. The summed E-state index contributed by atoms with van der Waals surface area (Å²) >= 11 is 0. The van der Waals surface area contributed by atoms with E-state index in [0.29, 0.717) is 0 Å². The fourth-order valence-electron chi connectivity index (χ4n) is 0.674. The highest BCUT2D eigenvalue weighted by molar-refractivity contribution is 5.73. The molecule has 51 valence electrons. The molecular formula is C8H8NO. The molecule has 0 spiro atoms. The van der Waals surface area contributed by atoms with Crippen molar-refractivity contribution in [2.24, 2.45) is 0 Å². The van der Waals surface area contributed by atoms with Gasteiger partial charge in [-0.3, -0.25) is 4.79 Å². The third-order valence-corrected chi connectivity index (χ3v) is 1.27. The highest BCUT2D eigenvalue weighted by Gasteiger charge is 1.93. The molecule has 0 aliphatic carbocycles. The molecular weight excluding hydrogens is 126 g/mol. The molecule has 0 N–H and O–H groups in total. The van der Waals surface area contributed by atoms with Crippen molar-refractivity contribution >= 4 is 12.1 Å². The summed E-state index contributed by atoms with van der Waals surface area (Å²) in [6.07, 6.45) is 0.773. The van der Waals surface area contributed by atoms with Crippen LogP contribution < -0.4 is 4.90 Å². The zero-order valence-corrected chi connectivity index (χ0v) is 5.74. The molecule has 2 heteroatoms. The zero-order chi connectivity index (χ0) is 7.40. The largest absolute Gasteiger partial charge is 0.318 e. The number of hydrogen-bond donors (Lipinski definition) is 0. The molecule has 10 heavy (non-hydrogen) atoms. The summed E-state index contributed by atoms with van der Waals surface area (Å²) in [6.45, 7) is 0. The summed E-state index contributed by atoms with van der Waals surface area (Å²) < 4.78 is 0. The van der Waals surface area contributed by atoms with E-state index in [1.165, 1.54) is 4.90 Å². The molecule has 0 aliphatic heterocycles. The van der Waals surface area contributed by atoms with Gasteiger partial charge in [-0.05, 0) is 18.2 Å². The van der Waals surface area contributed by atoms with Gasteiger partial charge in [-0.25, -0.2) is 0 Å². The van der Waals surface area contributed by atoms with Gasteiger partial charge in [0.25, 0.3) is 0 Å². The van der Waals surface area contributed by atoms with Gasteiger partial charge < -0.3 is 4.90 Å². The van der Waals surface area contributed by atoms with E-state index in [1.807, 2.05) is 12.1 Å². The van der Waals surface area contributed by atoms with E-state index in [4.69, 9.17) is 0 Å². The number of anilines is 1. The summed E-state index contributed by atoms with van der Waals surface area (Å²) in [4.78, 5) is 11.7. The van der Waals surface area contributed by atoms with Crippen molar-refractivity contribution < 1.29 is 4.79 Å². The number of carbonyl (C=O) groups is 1. The molecule has 0 fully saturated rings. The summed E-state index contributed by atoms with van der Waals surface area (Å²) in [5.41, 5.74) is 0.883. The van der Waals surface area contributed by atoms with Crippen LogP contribution in [0.15, 0.2) is 24.3 Å². The maximum atomic E-state index is 10.2. The summed E-state index contributed by atoms with van der Waals surface area (Å²) in [5.74, 6) is 0. The second kappa shape index (κ2) is 3.01. The van der Waals surface area contributed by atoms with Crippen LogP contribution >= 0.6 is 0 Å². The molecule has 1 radical (unpaired) electrons. The van der Waals surface area contributed by atoms with Crippen molar-refractivity contribution in [2.75, 3.05) is 11.9 Å². The van der Waals surface area contributed by atoms with Crippen molar-refractivity contribution in [1.29, 1.82) is 0 Å². The normalized spacial score (nSPS) is 8.90. The van der Waals surface area contributed by atoms with Gasteiger partial charge in [-0.15, -0.1) is 0 Å². The Hall–Kier alpha value is -1.31. The van der Waals surface area contributed by atoms with E-state index in [9.17, 15) is 4.79 Å². The first-order chi connectivity index (χ1) is 4.84. The lowest BCUT2D eigenvalue weighted by Crippen LogP contribution is -2.12. The van der Waals surface area contributed by atoms with Crippen LogP contribution in [0.25, 0.3) is 0 Å². The molecule has 0 saturated carbocycles. The minimum atomic E-state index is 0.773. The van der Waals surface area contributed by atoms with Gasteiger partial charge in [0.2, 0.25) is 6.41 Å². The van der Waals surface area contributed by atoms with Crippen LogP contribution in [0.3, 0.4) is 0 Å². The molecule has 1 aromatic rings. The van der Waals surface area contributed by atoms with Gasteiger partial charge in [-0.1, -0.05) is 12.1 Å². The first kappa shape index (κ1) is 6.81. The fourth-order valence-corrected chi connectivity index (χ4v) is 0.674. The minimum absolute atomic E-state index is 0.773. The number of benzene rings is 1. The van der Waals surface area contributed by atoms with Gasteiger partial charge in [0, 0.05) is 12.7 Å². The third-order valence-electron chi connectivity index (χ3n) is 1.27. The van der Waals surface area contributed by atoms with Gasteiger partial charge in [0.05, 0.1) is 0 Å². The Bertz CT molecular complexity index is 208. The Morgan fingerprint density at radius 3 is 2.60 bits per heavy atom. The highest BCUT2D eigenvalue weighted by Crippen LogP contribution is 2.07. The predicted octanol–water partition coefficient (Wildman–Crippen LogP) is 1.08. The van der Waals surface area contributed by atoms with E-state index in [-0.39, 0.29) is 0 Å². The molecule has 0 atom stereocenters.